The summed E-state index contributed by atoms with van der Waals surface area (Å²) in [6.45, 7) is 4.41. The van der Waals surface area contributed by atoms with Crippen molar-refractivity contribution < 1.29 is 19.1 Å². The summed E-state index contributed by atoms with van der Waals surface area (Å²) in [6, 6.07) is 10.8. The number of likely N-dealkylation sites (tertiary alicyclic amines) is 1. The van der Waals surface area contributed by atoms with Crippen LogP contribution in [0.1, 0.15) is 35.7 Å². The second-order valence-corrected chi connectivity index (χ2v) is 7.92. The second-order valence-electron chi connectivity index (χ2n) is 7.51. The fourth-order valence-electron chi connectivity index (χ4n) is 3.78. The van der Waals surface area contributed by atoms with E-state index in [0.29, 0.717) is 47.5 Å². The van der Waals surface area contributed by atoms with Crippen LogP contribution >= 0.6 is 11.6 Å². The van der Waals surface area contributed by atoms with Gasteiger partial charge in [-0.15, -0.1) is 0 Å². The van der Waals surface area contributed by atoms with Gasteiger partial charge in [-0.3, -0.25) is 14.5 Å². The molecule has 0 spiro atoms. The molecule has 7 nitrogen and oxygen atoms in total. The van der Waals surface area contributed by atoms with Crippen molar-refractivity contribution in [2.75, 3.05) is 32.1 Å². The van der Waals surface area contributed by atoms with Gasteiger partial charge in [-0.1, -0.05) is 29.8 Å². The van der Waals surface area contributed by atoms with Gasteiger partial charge in [0.05, 0.1) is 24.7 Å². The Morgan fingerprint density at radius 2 is 2.06 bits per heavy atom. The molecule has 0 bridgehead atoms. The number of hydrogen-bond acceptors (Lipinski definition) is 5. The Morgan fingerprint density at radius 3 is 2.77 bits per heavy atom. The van der Waals surface area contributed by atoms with Gasteiger partial charge in [0, 0.05) is 24.3 Å². The normalized spacial score (nSPS) is 16.5. The molecule has 31 heavy (non-hydrogen) atoms. The van der Waals surface area contributed by atoms with Crippen LogP contribution < -0.4 is 20.5 Å². The Morgan fingerprint density at radius 1 is 1.29 bits per heavy atom. The molecule has 2 aromatic rings. The Balaban J connectivity index is 1.77. The molecule has 0 aliphatic carbocycles. The van der Waals surface area contributed by atoms with E-state index in [4.69, 9.17) is 26.8 Å². The van der Waals surface area contributed by atoms with Gasteiger partial charge >= 0.3 is 0 Å². The topological polar surface area (TPSA) is 93.9 Å². The molecule has 0 radical (unpaired) electrons. The minimum absolute atomic E-state index is 0.131. The molecule has 166 valence electrons. The molecule has 2 amide bonds. The number of carbonyl (C=O) groups excluding carboxylic acids is 2. The average molecular weight is 446 g/mol. The van der Waals surface area contributed by atoms with Gasteiger partial charge < -0.3 is 20.5 Å². The summed E-state index contributed by atoms with van der Waals surface area (Å²) >= 11 is 6.31. The molecule has 3 rings (SSSR count). The third kappa shape index (κ3) is 5.68. The van der Waals surface area contributed by atoms with E-state index in [1.807, 2.05) is 31.2 Å². The van der Waals surface area contributed by atoms with Crippen LogP contribution in [0.15, 0.2) is 36.4 Å². The summed E-state index contributed by atoms with van der Waals surface area (Å²) in [7, 11) is 1.50. The Labute approximate surface area is 187 Å². The van der Waals surface area contributed by atoms with Gasteiger partial charge in [0.25, 0.3) is 5.91 Å². The highest BCUT2D eigenvalue weighted by atomic mass is 35.5. The van der Waals surface area contributed by atoms with Gasteiger partial charge in [-0.25, -0.2) is 0 Å². The molecular formula is C23H28ClN3O4. The van der Waals surface area contributed by atoms with E-state index < -0.39 is 0 Å². The quantitative estimate of drug-likeness (QED) is 0.646. The van der Waals surface area contributed by atoms with E-state index >= 15 is 0 Å². The summed E-state index contributed by atoms with van der Waals surface area (Å²) in [5.41, 5.74) is 7.53. The zero-order chi connectivity index (χ0) is 22.4. The number of nitrogens with two attached hydrogens (primary N) is 1. The third-order valence-corrected chi connectivity index (χ3v) is 5.63. The van der Waals surface area contributed by atoms with Gasteiger partial charge in [0.15, 0.2) is 11.5 Å². The van der Waals surface area contributed by atoms with Crippen molar-refractivity contribution in [2.24, 2.45) is 11.7 Å². The van der Waals surface area contributed by atoms with Crippen molar-refractivity contribution >= 4 is 29.1 Å². The van der Waals surface area contributed by atoms with Crippen molar-refractivity contribution in [1.29, 1.82) is 0 Å². The molecule has 2 aromatic carbocycles. The zero-order valence-corrected chi connectivity index (χ0v) is 18.6. The van der Waals surface area contributed by atoms with E-state index in [0.717, 1.165) is 24.9 Å². The minimum Gasteiger partial charge on any atom is -0.493 e. The SMILES string of the molecule is CCOc1c(Cl)cc(C(=O)Nc2ccccc2CN2CCCC(C(N)=O)C2)cc1OC. The number of anilines is 1. The Bertz CT molecular complexity index is 950. The van der Waals surface area contributed by atoms with Crippen LogP contribution in [0.3, 0.4) is 0 Å². The average Bonchev–Trinajstić information content (AvgIpc) is 2.76. The number of amides is 2. The van der Waals surface area contributed by atoms with Gasteiger partial charge in [0.2, 0.25) is 5.91 Å². The molecule has 0 saturated carbocycles. The first-order valence-corrected chi connectivity index (χ1v) is 10.7. The number of nitrogens with one attached hydrogen (secondary N) is 1. The summed E-state index contributed by atoms with van der Waals surface area (Å²) in [6.07, 6.45) is 1.75. The van der Waals surface area contributed by atoms with Crippen molar-refractivity contribution in [3.63, 3.8) is 0 Å². The van der Waals surface area contributed by atoms with Crippen LogP contribution in [-0.2, 0) is 11.3 Å². The molecule has 1 aliphatic rings. The summed E-state index contributed by atoms with van der Waals surface area (Å²) in [5.74, 6) is 0.127. The lowest BCUT2D eigenvalue weighted by Crippen LogP contribution is -2.40. The molecule has 0 aromatic heterocycles. The maximum atomic E-state index is 12.9. The van der Waals surface area contributed by atoms with E-state index in [-0.39, 0.29) is 17.7 Å². The Hall–Kier alpha value is -2.77. The van der Waals surface area contributed by atoms with Crippen LogP contribution in [0.25, 0.3) is 0 Å². The standard InChI is InChI=1S/C23H28ClN3O4/c1-3-31-21-18(24)11-17(12-20(21)30-2)23(29)26-19-9-5-4-7-15(19)13-27-10-6-8-16(14-27)22(25)28/h4-5,7,9,11-12,16H,3,6,8,10,13-14H2,1-2H3,(H2,25,28)(H,26,29). The highest BCUT2D eigenvalue weighted by Gasteiger charge is 2.24. The monoisotopic (exact) mass is 445 g/mol. The molecule has 1 saturated heterocycles. The van der Waals surface area contributed by atoms with E-state index in [1.165, 1.54) is 7.11 Å². The minimum atomic E-state index is -0.302. The zero-order valence-electron chi connectivity index (χ0n) is 17.8. The molecule has 1 fully saturated rings. The Kier molecular flexibility index (Phi) is 7.76. The maximum Gasteiger partial charge on any atom is 0.255 e. The van der Waals surface area contributed by atoms with E-state index in [1.54, 1.807) is 12.1 Å². The van der Waals surface area contributed by atoms with Crippen LogP contribution in [-0.4, -0.2) is 43.5 Å². The number of ether oxygens (including phenoxy) is 2. The number of rotatable bonds is 8. The molecule has 1 unspecified atom stereocenters. The van der Waals surface area contributed by atoms with Crippen molar-refractivity contribution in [1.82, 2.24) is 4.90 Å². The lowest BCUT2D eigenvalue weighted by molar-refractivity contribution is -0.123. The maximum absolute atomic E-state index is 12.9. The molecule has 1 heterocycles. The molecule has 1 atom stereocenters. The van der Waals surface area contributed by atoms with Gasteiger partial charge in [0.1, 0.15) is 0 Å². The van der Waals surface area contributed by atoms with Crippen LogP contribution in [0, 0.1) is 5.92 Å². The molecule has 8 heteroatoms. The number of halogens is 1. The fourth-order valence-corrected chi connectivity index (χ4v) is 4.05. The predicted molar refractivity (Wildman–Crippen MR) is 121 cm³/mol. The highest BCUT2D eigenvalue weighted by Crippen LogP contribution is 2.36. The molecule has 3 N–H and O–H groups in total. The van der Waals surface area contributed by atoms with Crippen LogP contribution in [0.4, 0.5) is 5.69 Å². The number of piperidine rings is 1. The van der Waals surface area contributed by atoms with E-state index in [2.05, 4.69) is 10.2 Å². The summed E-state index contributed by atoms with van der Waals surface area (Å²) < 4.78 is 10.9. The molecule has 1 aliphatic heterocycles. The summed E-state index contributed by atoms with van der Waals surface area (Å²) in [4.78, 5) is 26.7. The second kappa shape index (κ2) is 10.5. The number of methoxy groups -OCH3 is 1. The third-order valence-electron chi connectivity index (χ3n) is 5.35. The first-order chi connectivity index (χ1) is 14.9. The smallest absolute Gasteiger partial charge is 0.255 e. The highest BCUT2D eigenvalue weighted by molar-refractivity contribution is 6.32. The van der Waals surface area contributed by atoms with Gasteiger partial charge in [-0.2, -0.15) is 0 Å². The van der Waals surface area contributed by atoms with Crippen LogP contribution in [0.5, 0.6) is 11.5 Å². The van der Waals surface area contributed by atoms with Crippen molar-refractivity contribution in [3.05, 3.63) is 52.5 Å². The summed E-state index contributed by atoms with van der Waals surface area (Å²) in [5, 5.41) is 3.28. The largest absolute Gasteiger partial charge is 0.493 e. The van der Waals surface area contributed by atoms with Crippen molar-refractivity contribution in [2.45, 2.75) is 26.3 Å². The number of hydrogen-bond donors (Lipinski definition) is 2. The number of carbonyl (C=O) groups is 2. The van der Waals surface area contributed by atoms with E-state index in [9.17, 15) is 9.59 Å². The van der Waals surface area contributed by atoms with Gasteiger partial charge in [-0.05, 0) is 50.1 Å². The van der Waals surface area contributed by atoms with Crippen molar-refractivity contribution in [3.8, 4) is 11.5 Å². The number of benzene rings is 2. The predicted octanol–water partition coefficient (Wildman–Crippen LogP) is 3.70. The lowest BCUT2D eigenvalue weighted by atomic mass is 9.97. The first kappa shape index (κ1) is 22.9. The number of para-hydroxylation sites is 1. The number of primary amides is 1. The van der Waals surface area contributed by atoms with Crippen LogP contribution in [0.2, 0.25) is 5.02 Å². The lowest BCUT2D eigenvalue weighted by Gasteiger charge is -2.31. The first-order valence-electron chi connectivity index (χ1n) is 10.3. The molecular weight excluding hydrogens is 418 g/mol. The fraction of sp³-hybridized carbons (Fsp3) is 0.391. The number of nitrogens with zero attached hydrogens (tertiary/aromatic N) is 1.